The number of hydrogen-bond donors (Lipinski definition) is 1. The largest absolute Gasteiger partial charge is 0.267 e. The van der Waals surface area contributed by atoms with Gasteiger partial charge >= 0.3 is 0 Å². The quantitative estimate of drug-likeness (QED) is 0.428. The summed E-state index contributed by atoms with van der Waals surface area (Å²) in [6, 6.07) is 0. The highest BCUT2D eigenvalue weighted by molar-refractivity contribution is 4.46. The average Bonchev–Trinajstić information content (AvgIpc) is 1.65. The van der Waals surface area contributed by atoms with Crippen molar-refractivity contribution < 1.29 is 18.9 Å². The minimum atomic E-state index is -2.61. The summed E-state index contributed by atoms with van der Waals surface area (Å²) in [6.45, 7) is 1.07. The van der Waals surface area contributed by atoms with E-state index in [1.54, 1.807) is 0 Å². The summed E-state index contributed by atoms with van der Waals surface area (Å²) in [4.78, 5) is 3.26. The van der Waals surface area contributed by atoms with Crippen molar-refractivity contribution in [1.29, 1.82) is 0 Å². The normalized spacial score (nSPS) is 15.0. The van der Waals surface area contributed by atoms with E-state index in [4.69, 9.17) is 5.26 Å². The monoisotopic (exact) mass is 112 g/mol. The molecular formula is C3H6F2O2. The van der Waals surface area contributed by atoms with Crippen molar-refractivity contribution in [2.24, 2.45) is 0 Å². The van der Waals surface area contributed by atoms with Gasteiger partial charge in [0.15, 0.2) is 6.10 Å². The van der Waals surface area contributed by atoms with Crippen molar-refractivity contribution in [3.63, 3.8) is 0 Å². The van der Waals surface area contributed by atoms with Crippen LogP contribution >= 0.6 is 0 Å². The highest BCUT2D eigenvalue weighted by Gasteiger charge is 2.13. The first-order chi connectivity index (χ1) is 3.18. The first kappa shape index (κ1) is 6.78. The van der Waals surface area contributed by atoms with Gasteiger partial charge in [0.05, 0.1) is 0 Å². The van der Waals surface area contributed by atoms with E-state index in [1.165, 1.54) is 0 Å². The van der Waals surface area contributed by atoms with Crippen molar-refractivity contribution in [2.75, 3.05) is 0 Å². The Bertz CT molecular complexity index is 48.2. The van der Waals surface area contributed by atoms with Crippen LogP contribution in [0.5, 0.6) is 0 Å². The van der Waals surface area contributed by atoms with E-state index in [1.807, 2.05) is 0 Å². The summed E-state index contributed by atoms with van der Waals surface area (Å²) in [5.74, 6) is 0. The molecule has 1 N–H and O–H groups in total. The van der Waals surface area contributed by atoms with Crippen LogP contribution in [-0.4, -0.2) is 17.8 Å². The Balaban J connectivity index is 3.14. The molecule has 0 saturated carbocycles. The van der Waals surface area contributed by atoms with E-state index in [-0.39, 0.29) is 0 Å². The van der Waals surface area contributed by atoms with Crippen molar-refractivity contribution in [3.8, 4) is 0 Å². The zero-order valence-corrected chi connectivity index (χ0v) is 3.77. The molecule has 0 aromatic rings. The first-order valence-electron chi connectivity index (χ1n) is 1.77. The number of halogens is 2. The molecule has 0 aliphatic heterocycles. The van der Waals surface area contributed by atoms with E-state index < -0.39 is 12.5 Å². The van der Waals surface area contributed by atoms with Gasteiger partial charge in [-0.3, -0.25) is 5.26 Å². The Morgan fingerprint density at radius 1 is 1.57 bits per heavy atom. The van der Waals surface area contributed by atoms with Gasteiger partial charge in [0.1, 0.15) is 0 Å². The van der Waals surface area contributed by atoms with Gasteiger partial charge in [-0.15, -0.1) is 0 Å². The minimum Gasteiger partial charge on any atom is -0.251 e. The van der Waals surface area contributed by atoms with Crippen LogP contribution in [0.3, 0.4) is 0 Å². The van der Waals surface area contributed by atoms with Crippen LogP contribution in [-0.2, 0) is 4.89 Å². The number of rotatable bonds is 2. The van der Waals surface area contributed by atoms with Crippen LogP contribution in [0.1, 0.15) is 6.92 Å². The molecule has 0 spiro atoms. The van der Waals surface area contributed by atoms with E-state index in [0.717, 1.165) is 6.92 Å². The van der Waals surface area contributed by atoms with Gasteiger partial charge in [0.2, 0.25) is 0 Å². The van der Waals surface area contributed by atoms with Crippen LogP contribution in [0, 0.1) is 0 Å². The fourth-order valence-electron chi connectivity index (χ4n) is 0.0460. The maximum Gasteiger partial charge on any atom is 0.267 e. The van der Waals surface area contributed by atoms with Crippen molar-refractivity contribution in [2.45, 2.75) is 19.5 Å². The molecular weight excluding hydrogens is 106 g/mol. The molecule has 2 nitrogen and oxygen atoms in total. The molecule has 4 heteroatoms. The standard InChI is InChI=1S/C3H6F2O2/c1-2(7-6)3(4)5/h2-3,6H,1H3. The predicted octanol–water partition coefficient (Wildman–Crippen LogP) is 1.13. The third-order valence-corrected chi connectivity index (χ3v) is 0.521. The third-order valence-electron chi connectivity index (χ3n) is 0.521. The Morgan fingerprint density at radius 3 is 2.00 bits per heavy atom. The fourth-order valence-corrected chi connectivity index (χ4v) is 0.0460. The minimum absolute atomic E-state index is 1.07. The van der Waals surface area contributed by atoms with E-state index in [2.05, 4.69) is 4.89 Å². The van der Waals surface area contributed by atoms with Crippen LogP contribution in [0.2, 0.25) is 0 Å². The van der Waals surface area contributed by atoms with Crippen molar-refractivity contribution in [1.82, 2.24) is 0 Å². The molecule has 0 amide bonds. The molecule has 0 aliphatic rings. The van der Waals surface area contributed by atoms with Gasteiger partial charge in [-0.05, 0) is 6.92 Å². The first-order valence-corrected chi connectivity index (χ1v) is 1.77. The fraction of sp³-hybridized carbons (Fsp3) is 1.00. The molecule has 0 rings (SSSR count). The molecule has 1 atom stereocenters. The molecule has 1 unspecified atom stereocenters. The lowest BCUT2D eigenvalue weighted by Crippen LogP contribution is -2.15. The lowest BCUT2D eigenvalue weighted by atomic mass is 10.4. The number of alkyl halides is 2. The highest BCUT2D eigenvalue weighted by atomic mass is 19.3. The summed E-state index contributed by atoms with van der Waals surface area (Å²) in [5.41, 5.74) is 0. The second-order valence-electron chi connectivity index (χ2n) is 1.14. The van der Waals surface area contributed by atoms with Gasteiger partial charge in [0, 0.05) is 0 Å². The average molecular weight is 112 g/mol. The van der Waals surface area contributed by atoms with Crippen LogP contribution < -0.4 is 0 Å². The van der Waals surface area contributed by atoms with Crippen LogP contribution in [0.25, 0.3) is 0 Å². The lowest BCUT2D eigenvalue weighted by molar-refractivity contribution is -0.296. The second-order valence-corrected chi connectivity index (χ2v) is 1.14. The predicted molar refractivity (Wildman–Crippen MR) is 19.2 cm³/mol. The Morgan fingerprint density at radius 2 is 2.00 bits per heavy atom. The summed E-state index contributed by atoms with van der Waals surface area (Å²) in [5, 5.41) is 7.53. The van der Waals surface area contributed by atoms with Gasteiger partial charge < -0.3 is 0 Å². The summed E-state index contributed by atoms with van der Waals surface area (Å²) < 4.78 is 22.3. The molecule has 0 fully saturated rings. The Labute approximate surface area is 39.6 Å². The molecule has 0 bridgehead atoms. The molecule has 0 aliphatic carbocycles. The van der Waals surface area contributed by atoms with Gasteiger partial charge in [-0.2, -0.15) is 0 Å². The van der Waals surface area contributed by atoms with Crippen molar-refractivity contribution in [3.05, 3.63) is 0 Å². The zero-order chi connectivity index (χ0) is 5.86. The van der Waals surface area contributed by atoms with E-state index in [0.29, 0.717) is 0 Å². The zero-order valence-electron chi connectivity index (χ0n) is 3.77. The summed E-state index contributed by atoms with van der Waals surface area (Å²) in [7, 11) is 0. The van der Waals surface area contributed by atoms with Gasteiger partial charge in [-0.25, -0.2) is 13.7 Å². The topological polar surface area (TPSA) is 29.5 Å². The van der Waals surface area contributed by atoms with E-state index in [9.17, 15) is 8.78 Å². The molecule has 44 valence electrons. The molecule has 0 aromatic heterocycles. The summed E-state index contributed by atoms with van der Waals surface area (Å²) >= 11 is 0. The number of hydrogen-bond acceptors (Lipinski definition) is 2. The second kappa shape index (κ2) is 2.87. The molecule has 0 radical (unpaired) electrons. The molecule has 0 aromatic carbocycles. The Hall–Kier alpha value is -0.220. The SMILES string of the molecule is CC(OO)C(F)F. The Kier molecular flexibility index (Phi) is 2.78. The van der Waals surface area contributed by atoms with Crippen LogP contribution in [0.15, 0.2) is 0 Å². The van der Waals surface area contributed by atoms with Gasteiger partial charge in [0.25, 0.3) is 6.43 Å². The smallest absolute Gasteiger partial charge is 0.251 e. The molecule has 0 saturated heterocycles. The maximum atomic E-state index is 11.1. The van der Waals surface area contributed by atoms with Crippen LogP contribution in [0.4, 0.5) is 8.78 Å². The van der Waals surface area contributed by atoms with E-state index >= 15 is 0 Å². The third kappa shape index (κ3) is 2.47. The van der Waals surface area contributed by atoms with Gasteiger partial charge in [-0.1, -0.05) is 0 Å². The highest BCUT2D eigenvalue weighted by Crippen LogP contribution is 2.01. The molecule has 7 heavy (non-hydrogen) atoms. The van der Waals surface area contributed by atoms with Crippen molar-refractivity contribution >= 4 is 0 Å². The summed E-state index contributed by atoms with van der Waals surface area (Å²) in [6.07, 6.45) is -3.98. The molecule has 0 heterocycles. The lowest BCUT2D eigenvalue weighted by Gasteiger charge is -2.02. The maximum absolute atomic E-state index is 11.1.